The van der Waals surface area contributed by atoms with Gasteiger partial charge in [-0.1, -0.05) is 23.2 Å². The van der Waals surface area contributed by atoms with Gasteiger partial charge >= 0.3 is 18.3 Å². The average Bonchev–Trinajstić information content (AvgIpc) is 2.48. The predicted octanol–water partition coefficient (Wildman–Crippen LogP) is 6.25. The SMILES string of the molecule is O=C(Oc1ccc(Cl)c(Cl)c1)c1cc(C(F)(F)F)ccc1C(F)(F)F. The first-order valence-corrected chi connectivity index (χ1v) is 7.11. The molecule has 0 aliphatic rings. The first-order valence-electron chi connectivity index (χ1n) is 6.35. The molecule has 0 N–H and O–H groups in total. The largest absolute Gasteiger partial charge is 0.423 e. The van der Waals surface area contributed by atoms with E-state index in [1.807, 2.05) is 0 Å². The van der Waals surface area contributed by atoms with E-state index in [4.69, 9.17) is 27.9 Å². The Bertz CT molecular complexity index is 815. The zero-order chi connectivity index (χ0) is 19.0. The second kappa shape index (κ2) is 6.76. The second-order valence-electron chi connectivity index (χ2n) is 4.72. The molecule has 0 saturated heterocycles. The van der Waals surface area contributed by atoms with Gasteiger partial charge in [-0.05, 0) is 30.3 Å². The van der Waals surface area contributed by atoms with Crippen LogP contribution in [0, 0.1) is 0 Å². The quantitative estimate of drug-likeness (QED) is 0.337. The van der Waals surface area contributed by atoms with Gasteiger partial charge in [0.15, 0.2) is 0 Å². The fourth-order valence-corrected chi connectivity index (χ4v) is 2.13. The summed E-state index contributed by atoms with van der Waals surface area (Å²) in [5.41, 5.74) is -4.24. The Morgan fingerprint density at radius 2 is 1.48 bits per heavy atom. The zero-order valence-corrected chi connectivity index (χ0v) is 13.3. The van der Waals surface area contributed by atoms with Crippen molar-refractivity contribution in [3.05, 3.63) is 63.1 Å². The molecule has 2 aromatic rings. The number of carbonyl (C=O) groups excluding carboxylic acids is 1. The molecule has 0 aliphatic heterocycles. The van der Waals surface area contributed by atoms with Crippen molar-refractivity contribution >= 4 is 29.2 Å². The lowest BCUT2D eigenvalue weighted by Crippen LogP contribution is -2.19. The van der Waals surface area contributed by atoms with E-state index in [1.165, 1.54) is 6.07 Å². The third-order valence-corrected chi connectivity index (χ3v) is 3.71. The number of benzene rings is 2. The van der Waals surface area contributed by atoms with Crippen molar-refractivity contribution in [2.75, 3.05) is 0 Å². The van der Waals surface area contributed by atoms with E-state index >= 15 is 0 Å². The highest BCUT2D eigenvalue weighted by Crippen LogP contribution is 2.37. The van der Waals surface area contributed by atoms with Crippen LogP contribution < -0.4 is 4.74 Å². The maximum atomic E-state index is 13.0. The lowest BCUT2D eigenvalue weighted by molar-refractivity contribution is -0.141. The van der Waals surface area contributed by atoms with Crippen molar-refractivity contribution in [2.45, 2.75) is 12.4 Å². The molecule has 0 aliphatic carbocycles. The molecule has 2 aromatic carbocycles. The van der Waals surface area contributed by atoms with Crippen LogP contribution >= 0.6 is 23.2 Å². The number of hydrogen-bond donors (Lipinski definition) is 0. The molecule has 0 radical (unpaired) electrons. The number of esters is 1. The molecule has 10 heteroatoms. The zero-order valence-electron chi connectivity index (χ0n) is 11.8. The molecule has 0 amide bonds. The van der Waals surface area contributed by atoms with Crippen molar-refractivity contribution in [1.29, 1.82) is 0 Å². The van der Waals surface area contributed by atoms with E-state index in [1.54, 1.807) is 0 Å². The Labute approximate surface area is 146 Å². The van der Waals surface area contributed by atoms with Crippen molar-refractivity contribution in [3.63, 3.8) is 0 Å². The third-order valence-electron chi connectivity index (χ3n) is 2.97. The lowest BCUT2D eigenvalue weighted by Gasteiger charge is -2.15. The summed E-state index contributed by atoms with van der Waals surface area (Å²) >= 11 is 11.3. The number of carbonyl (C=O) groups is 1. The van der Waals surface area contributed by atoms with Gasteiger partial charge in [0.05, 0.1) is 26.7 Å². The van der Waals surface area contributed by atoms with E-state index in [-0.39, 0.29) is 34.0 Å². The van der Waals surface area contributed by atoms with E-state index in [0.29, 0.717) is 0 Å². The van der Waals surface area contributed by atoms with Gasteiger partial charge in [0.25, 0.3) is 0 Å². The number of alkyl halides is 6. The molecule has 0 spiro atoms. The van der Waals surface area contributed by atoms with Crippen LogP contribution in [-0.4, -0.2) is 5.97 Å². The molecule has 0 saturated carbocycles. The summed E-state index contributed by atoms with van der Waals surface area (Å²) < 4.78 is 81.7. The van der Waals surface area contributed by atoms with Gasteiger partial charge in [-0.2, -0.15) is 26.3 Å². The summed E-state index contributed by atoms with van der Waals surface area (Å²) in [5, 5.41) is 0.0450. The Morgan fingerprint density at radius 3 is 2.00 bits per heavy atom. The van der Waals surface area contributed by atoms with Gasteiger partial charge in [-0.25, -0.2) is 4.79 Å². The van der Waals surface area contributed by atoms with Crippen LogP contribution in [-0.2, 0) is 12.4 Å². The summed E-state index contributed by atoms with van der Waals surface area (Å²) in [6.07, 6.45) is -9.97. The maximum Gasteiger partial charge on any atom is 0.417 e. The minimum atomic E-state index is -5.05. The van der Waals surface area contributed by atoms with E-state index in [0.717, 1.165) is 12.1 Å². The minimum absolute atomic E-state index is 0.0490. The van der Waals surface area contributed by atoms with E-state index in [2.05, 4.69) is 0 Å². The van der Waals surface area contributed by atoms with Crippen molar-refractivity contribution in [3.8, 4) is 5.75 Å². The van der Waals surface area contributed by atoms with Gasteiger partial charge in [-0.15, -0.1) is 0 Å². The second-order valence-corrected chi connectivity index (χ2v) is 5.54. The molecule has 0 heterocycles. The molecule has 134 valence electrons. The third kappa shape index (κ3) is 4.58. The molecule has 2 rings (SSSR count). The fraction of sp³-hybridized carbons (Fsp3) is 0.133. The Balaban J connectivity index is 2.46. The highest BCUT2D eigenvalue weighted by atomic mass is 35.5. The van der Waals surface area contributed by atoms with Gasteiger partial charge in [0.2, 0.25) is 0 Å². The molecule has 0 aromatic heterocycles. The summed E-state index contributed by atoms with van der Waals surface area (Å²) in [5.74, 6) is -1.89. The summed E-state index contributed by atoms with van der Waals surface area (Å²) in [6.45, 7) is 0. The first kappa shape index (κ1) is 19.4. The smallest absolute Gasteiger partial charge is 0.417 e. The Hall–Kier alpha value is -1.93. The van der Waals surface area contributed by atoms with Crippen LogP contribution in [0.2, 0.25) is 10.0 Å². The van der Waals surface area contributed by atoms with Crippen molar-refractivity contribution in [2.24, 2.45) is 0 Å². The number of rotatable bonds is 2. The Kier molecular flexibility index (Phi) is 5.24. The first-order chi connectivity index (χ1) is 11.4. The summed E-state index contributed by atoms with van der Waals surface area (Å²) in [6, 6.07) is 3.88. The molecular weight excluding hydrogens is 397 g/mol. The maximum absolute atomic E-state index is 13.0. The molecule has 2 nitrogen and oxygen atoms in total. The monoisotopic (exact) mass is 402 g/mol. The van der Waals surface area contributed by atoms with Crippen LogP contribution in [0.5, 0.6) is 5.75 Å². The van der Waals surface area contributed by atoms with Crippen molar-refractivity contribution < 1.29 is 35.9 Å². The predicted molar refractivity (Wildman–Crippen MR) is 77.9 cm³/mol. The topological polar surface area (TPSA) is 26.3 Å². The fourth-order valence-electron chi connectivity index (χ4n) is 1.84. The van der Waals surface area contributed by atoms with Crippen LogP contribution in [0.25, 0.3) is 0 Å². The van der Waals surface area contributed by atoms with Gasteiger partial charge in [0, 0.05) is 6.07 Å². The number of hydrogen-bond acceptors (Lipinski definition) is 2. The molecule has 0 atom stereocenters. The summed E-state index contributed by atoms with van der Waals surface area (Å²) in [7, 11) is 0. The summed E-state index contributed by atoms with van der Waals surface area (Å²) in [4.78, 5) is 12.0. The van der Waals surface area contributed by atoms with Crippen LogP contribution in [0.1, 0.15) is 21.5 Å². The highest BCUT2D eigenvalue weighted by Gasteiger charge is 2.39. The van der Waals surface area contributed by atoms with Gasteiger partial charge in [-0.3, -0.25) is 0 Å². The Morgan fingerprint density at radius 1 is 0.840 bits per heavy atom. The number of ether oxygens (including phenoxy) is 1. The number of halogens is 8. The van der Waals surface area contributed by atoms with Gasteiger partial charge in [0.1, 0.15) is 5.75 Å². The molecule has 0 bridgehead atoms. The lowest BCUT2D eigenvalue weighted by atomic mass is 10.0. The molecule has 0 unspecified atom stereocenters. The molecule has 25 heavy (non-hydrogen) atoms. The van der Waals surface area contributed by atoms with E-state index in [9.17, 15) is 31.1 Å². The highest BCUT2D eigenvalue weighted by molar-refractivity contribution is 6.42. The van der Waals surface area contributed by atoms with E-state index < -0.39 is 35.0 Å². The molecule has 0 fully saturated rings. The normalized spacial score (nSPS) is 12.2. The van der Waals surface area contributed by atoms with Crippen LogP contribution in [0.4, 0.5) is 26.3 Å². The average molecular weight is 403 g/mol. The minimum Gasteiger partial charge on any atom is -0.423 e. The van der Waals surface area contributed by atoms with Crippen LogP contribution in [0.3, 0.4) is 0 Å². The molecular formula is C15H6Cl2F6O2. The van der Waals surface area contributed by atoms with Gasteiger partial charge < -0.3 is 4.74 Å². The van der Waals surface area contributed by atoms with Crippen molar-refractivity contribution in [1.82, 2.24) is 0 Å². The standard InChI is InChI=1S/C15H6Cl2F6O2/c16-11-4-2-8(6-12(11)17)25-13(24)9-5-7(14(18,19)20)1-3-10(9)15(21,22)23/h1-6H. The van der Waals surface area contributed by atoms with Crippen LogP contribution in [0.15, 0.2) is 36.4 Å².